The molecule has 0 spiro atoms. The van der Waals surface area contributed by atoms with Crippen LogP contribution in [0.15, 0.2) is 24.3 Å². The molecule has 1 aromatic rings. The highest BCUT2D eigenvalue weighted by Crippen LogP contribution is 2.38. The van der Waals surface area contributed by atoms with Gasteiger partial charge in [-0.25, -0.2) is 0 Å². The summed E-state index contributed by atoms with van der Waals surface area (Å²) in [6, 6.07) is 7.76. The Labute approximate surface area is 101 Å². The van der Waals surface area contributed by atoms with Crippen LogP contribution in [0.25, 0.3) is 0 Å². The van der Waals surface area contributed by atoms with Gasteiger partial charge < -0.3 is 15.8 Å². The molecule has 17 heavy (non-hydrogen) atoms. The Morgan fingerprint density at radius 2 is 2.24 bits per heavy atom. The van der Waals surface area contributed by atoms with Gasteiger partial charge in [-0.05, 0) is 19.9 Å². The van der Waals surface area contributed by atoms with E-state index in [0.717, 1.165) is 17.7 Å². The molecule has 3 N–H and O–H groups in total. The van der Waals surface area contributed by atoms with Crippen molar-refractivity contribution in [1.82, 2.24) is 5.32 Å². The second kappa shape index (κ2) is 4.37. The fraction of sp³-hybridized carbons (Fsp3) is 0.462. The minimum absolute atomic E-state index is 0.0138. The van der Waals surface area contributed by atoms with Crippen molar-refractivity contribution >= 4 is 5.91 Å². The summed E-state index contributed by atoms with van der Waals surface area (Å²) < 4.78 is 5.88. The van der Waals surface area contributed by atoms with Crippen LogP contribution >= 0.6 is 0 Å². The van der Waals surface area contributed by atoms with Crippen molar-refractivity contribution in [3.05, 3.63) is 29.8 Å². The SMILES string of the molecule is CC1(C)CC(NC(=O)CN)c2ccccc2O1. The van der Waals surface area contributed by atoms with Crippen molar-refractivity contribution in [2.24, 2.45) is 5.73 Å². The first-order valence-corrected chi connectivity index (χ1v) is 5.79. The molecule has 0 fully saturated rings. The van der Waals surface area contributed by atoms with Gasteiger partial charge in [0.1, 0.15) is 11.4 Å². The maximum Gasteiger partial charge on any atom is 0.234 e. The van der Waals surface area contributed by atoms with E-state index >= 15 is 0 Å². The van der Waals surface area contributed by atoms with E-state index in [0.29, 0.717) is 0 Å². The Bertz CT molecular complexity index is 429. The largest absolute Gasteiger partial charge is 0.487 e. The predicted octanol–water partition coefficient (Wildman–Crippen LogP) is 1.36. The summed E-state index contributed by atoms with van der Waals surface area (Å²) >= 11 is 0. The molecule has 1 aliphatic heterocycles. The maximum absolute atomic E-state index is 11.4. The molecule has 1 unspecified atom stereocenters. The van der Waals surface area contributed by atoms with Crippen LogP contribution in [-0.2, 0) is 4.79 Å². The first kappa shape index (κ1) is 11.9. The maximum atomic E-state index is 11.4. The molecular weight excluding hydrogens is 216 g/mol. The molecule has 0 saturated heterocycles. The number of ether oxygens (including phenoxy) is 1. The van der Waals surface area contributed by atoms with E-state index in [1.54, 1.807) is 0 Å². The first-order valence-electron chi connectivity index (χ1n) is 5.79. The van der Waals surface area contributed by atoms with Gasteiger partial charge >= 0.3 is 0 Å². The van der Waals surface area contributed by atoms with Crippen LogP contribution < -0.4 is 15.8 Å². The van der Waals surface area contributed by atoms with Crippen LogP contribution in [0.3, 0.4) is 0 Å². The number of benzene rings is 1. The number of nitrogens with two attached hydrogens (primary N) is 1. The summed E-state index contributed by atoms with van der Waals surface area (Å²) in [6.45, 7) is 4.05. The molecular formula is C13H18N2O2. The first-order chi connectivity index (χ1) is 8.02. The van der Waals surface area contributed by atoms with E-state index < -0.39 is 0 Å². The van der Waals surface area contributed by atoms with E-state index in [-0.39, 0.29) is 24.1 Å². The van der Waals surface area contributed by atoms with Crippen LogP contribution in [0.5, 0.6) is 5.75 Å². The number of carbonyl (C=O) groups is 1. The number of nitrogens with one attached hydrogen (secondary N) is 1. The highest BCUT2D eigenvalue weighted by molar-refractivity contribution is 5.78. The highest BCUT2D eigenvalue weighted by Gasteiger charge is 2.33. The van der Waals surface area contributed by atoms with E-state index in [1.165, 1.54) is 0 Å². The molecule has 4 heteroatoms. The molecule has 2 rings (SSSR count). The lowest BCUT2D eigenvalue weighted by Crippen LogP contribution is -2.42. The summed E-state index contributed by atoms with van der Waals surface area (Å²) in [5.74, 6) is 0.702. The Kier molecular flexibility index (Phi) is 3.07. The molecule has 0 saturated carbocycles. The molecule has 1 amide bonds. The fourth-order valence-electron chi connectivity index (χ4n) is 2.18. The van der Waals surface area contributed by atoms with Gasteiger partial charge in [-0.3, -0.25) is 4.79 Å². The Morgan fingerprint density at radius 3 is 2.94 bits per heavy atom. The lowest BCUT2D eigenvalue weighted by atomic mass is 9.89. The Hall–Kier alpha value is -1.55. The van der Waals surface area contributed by atoms with E-state index in [4.69, 9.17) is 10.5 Å². The number of amides is 1. The van der Waals surface area contributed by atoms with E-state index in [9.17, 15) is 4.79 Å². The number of fused-ring (bicyclic) bond motifs is 1. The van der Waals surface area contributed by atoms with Gasteiger partial charge in [0.15, 0.2) is 0 Å². The van der Waals surface area contributed by atoms with Crippen molar-refractivity contribution in [2.75, 3.05) is 6.54 Å². The van der Waals surface area contributed by atoms with Crippen molar-refractivity contribution in [2.45, 2.75) is 31.9 Å². The summed E-state index contributed by atoms with van der Waals surface area (Å²) in [5.41, 5.74) is 6.08. The van der Waals surface area contributed by atoms with Gasteiger partial charge in [-0.2, -0.15) is 0 Å². The minimum Gasteiger partial charge on any atom is -0.487 e. The van der Waals surface area contributed by atoms with Crippen LogP contribution in [-0.4, -0.2) is 18.1 Å². The summed E-state index contributed by atoms with van der Waals surface area (Å²) in [6.07, 6.45) is 0.746. The second-order valence-corrected chi connectivity index (χ2v) is 4.93. The number of para-hydroxylation sites is 1. The molecule has 1 aromatic carbocycles. The Morgan fingerprint density at radius 1 is 1.53 bits per heavy atom. The van der Waals surface area contributed by atoms with Gasteiger partial charge in [0.25, 0.3) is 0 Å². The number of hydrogen-bond donors (Lipinski definition) is 2. The lowest BCUT2D eigenvalue weighted by Gasteiger charge is -2.37. The number of carbonyl (C=O) groups excluding carboxylic acids is 1. The number of rotatable bonds is 2. The smallest absolute Gasteiger partial charge is 0.234 e. The molecule has 0 aromatic heterocycles. The van der Waals surface area contributed by atoms with Gasteiger partial charge in [0.05, 0.1) is 12.6 Å². The van der Waals surface area contributed by atoms with Crippen molar-refractivity contribution in [1.29, 1.82) is 0 Å². The third-order valence-corrected chi connectivity index (χ3v) is 2.90. The molecule has 1 heterocycles. The standard InChI is InChI=1S/C13H18N2O2/c1-13(2)7-10(15-12(16)8-14)9-5-3-4-6-11(9)17-13/h3-6,10H,7-8,14H2,1-2H3,(H,15,16). The minimum atomic E-state index is -0.277. The van der Waals surface area contributed by atoms with Crippen LogP contribution in [0, 0.1) is 0 Å². The molecule has 0 radical (unpaired) electrons. The van der Waals surface area contributed by atoms with Gasteiger partial charge in [-0.1, -0.05) is 18.2 Å². The van der Waals surface area contributed by atoms with Gasteiger partial charge in [0.2, 0.25) is 5.91 Å². The summed E-state index contributed by atoms with van der Waals surface area (Å²) in [7, 11) is 0. The highest BCUT2D eigenvalue weighted by atomic mass is 16.5. The van der Waals surface area contributed by atoms with Crippen LogP contribution in [0.4, 0.5) is 0 Å². The average molecular weight is 234 g/mol. The summed E-state index contributed by atoms with van der Waals surface area (Å²) in [5, 5.41) is 2.94. The average Bonchev–Trinajstić information content (AvgIpc) is 2.27. The zero-order valence-electron chi connectivity index (χ0n) is 10.2. The summed E-state index contributed by atoms with van der Waals surface area (Å²) in [4.78, 5) is 11.4. The third kappa shape index (κ3) is 2.58. The van der Waals surface area contributed by atoms with Gasteiger partial charge in [0, 0.05) is 12.0 Å². The fourth-order valence-corrected chi connectivity index (χ4v) is 2.18. The van der Waals surface area contributed by atoms with Crippen molar-refractivity contribution in [3.8, 4) is 5.75 Å². The van der Waals surface area contributed by atoms with Crippen LogP contribution in [0.1, 0.15) is 31.9 Å². The Balaban J connectivity index is 2.29. The zero-order chi connectivity index (χ0) is 12.5. The van der Waals surface area contributed by atoms with Crippen molar-refractivity contribution < 1.29 is 9.53 Å². The predicted molar refractivity (Wildman–Crippen MR) is 65.7 cm³/mol. The molecule has 0 aliphatic carbocycles. The molecule has 92 valence electrons. The van der Waals surface area contributed by atoms with Crippen molar-refractivity contribution in [3.63, 3.8) is 0 Å². The zero-order valence-corrected chi connectivity index (χ0v) is 10.2. The normalized spacial score (nSPS) is 21.2. The molecule has 1 aliphatic rings. The molecule has 0 bridgehead atoms. The monoisotopic (exact) mass is 234 g/mol. The van der Waals surface area contributed by atoms with Crippen LogP contribution in [0.2, 0.25) is 0 Å². The number of hydrogen-bond acceptors (Lipinski definition) is 3. The van der Waals surface area contributed by atoms with Gasteiger partial charge in [-0.15, -0.1) is 0 Å². The quantitative estimate of drug-likeness (QED) is 0.812. The lowest BCUT2D eigenvalue weighted by molar-refractivity contribution is -0.121. The van der Waals surface area contributed by atoms with E-state index in [1.807, 2.05) is 38.1 Å². The van der Waals surface area contributed by atoms with E-state index in [2.05, 4.69) is 5.32 Å². The topological polar surface area (TPSA) is 64.4 Å². The second-order valence-electron chi connectivity index (χ2n) is 4.93. The molecule has 4 nitrogen and oxygen atoms in total. The third-order valence-electron chi connectivity index (χ3n) is 2.90. The molecule has 1 atom stereocenters.